The summed E-state index contributed by atoms with van der Waals surface area (Å²) in [6, 6.07) is 20.2. The zero-order chi connectivity index (χ0) is 16.1. The number of hydrogen-bond donors (Lipinski definition) is 2. The fraction of sp³-hybridized carbons (Fsp3) is 0.158. The van der Waals surface area contributed by atoms with E-state index in [4.69, 9.17) is 5.73 Å². The fourth-order valence-corrected chi connectivity index (χ4v) is 2.37. The number of rotatable bonds is 5. The first kappa shape index (κ1) is 15.2. The normalized spacial score (nSPS) is 11.9. The van der Waals surface area contributed by atoms with E-state index in [-0.39, 0.29) is 6.04 Å². The number of nitrogens with zero attached hydrogens (tertiary/aromatic N) is 2. The number of aromatic nitrogens is 2. The van der Waals surface area contributed by atoms with Crippen molar-refractivity contribution in [2.24, 2.45) is 5.73 Å². The zero-order valence-corrected chi connectivity index (χ0v) is 13.1. The molecule has 1 aromatic heterocycles. The summed E-state index contributed by atoms with van der Waals surface area (Å²) in [4.78, 5) is 8.61. The zero-order valence-electron chi connectivity index (χ0n) is 13.1. The van der Waals surface area contributed by atoms with Crippen LogP contribution in [-0.4, -0.2) is 16.5 Å². The van der Waals surface area contributed by atoms with E-state index < -0.39 is 0 Å². The summed E-state index contributed by atoms with van der Waals surface area (Å²) in [7, 11) is 0. The van der Waals surface area contributed by atoms with Crippen molar-refractivity contribution in [2.45, 2.75) is 13.0 Å². The van der Waals surface area contributed by atoms with Gasteiger partial charge in [0, 0.05) is 24.2 Å². The van der Waals surface area contributed by atoms with Crippen LogP contribution in [0.2, 0.25) is 0 Å². The highest BCUT2D eigenvalue weighted by Gasteiger charge is 2.06. The van der Waals surface area contributed by atoms with Gasteiger partial charge in [0.1, 0.15) is 12.1 Å². The molecule has 0 amide bonds. The molecule has 0 saturated carbocycles. The molecule has 0 radical (unpaired) electrons. The first-order valence-electron chi connectivity index (χ1n) is 7.66. The molecule has 0 fully saturated rings. The van der Waals surface area contributed by atoms with Crippen molar-refractivity contribution in [2.75, 3.05) is 11.9 Å². The minimum Gasteiger partial charge on any atom is -0.368 e. The lowest BCUT2D eigenvalue weighted by Gasteiger charge is -2.13. The maximum atomic E-state index is 6.20. The maximum Gasteiger partial charge on any atom is 0.130 e. The van der Waals surface area contributed by atoms with Gasteiger partial charge in [0.2, 0.25) is 0 Å². The van der Waals surface area contributed by atoms with Crippen molar-refractivity contribution in [3.8, 4) is 11.3 Å². The number of nitrogens with two attached hydrogens (primary N) is 1. The molecule has 3 N–H and O–H groups in total. The number of hydrogen-bond acceptors (Lipinski definition) is 4. The first-order chi connectivity index (χ1) is 11.2. The lowest BCUT2D eigenvalue weighted by molar-refractivity contribution is 0.761. The van der Waals surface area contributed by atoms with Crippen molar-refractivity contribution >= 4 is 5.82 Å². The minimum absolute atomic E-state index is 0.0750. The van der Waals surface area contributed by atoms with Crippen LogP contribution < -0.4 is 11.1 Å². The third kappa shape index (κ3) is 3.93. The molecule has 4 nitrogen and oxygen atoms in total. The topological polar surface area (TPSA) is 63.8 Å². The van der Waals surface area contributed by atoms with Crippen LogP contribution >= 0.6 is 0 Å². The quantitative estimate of drug-likeness (QED) is 0.756. The van der Waals surface area contributed by atoms with E-state index in [1.807, 2.05) is 36.4 Å². The Labute approximate surface area is 136 Å². The second kappa shape index (κ2) is 7.03. The Kier molecular flexibility index (Phi) is 4.64. The summed E-state index contributed by atoms with van der Waals surface area (Å²) in [6.45, 7) is 2.69. The van der Waals surface area contributed by atoms with Gasteiger partial charge in [-0.15, -0.1) is 0 Å². The Hall–Kier alpha value is -2.72. The summed E-state index contributed by atoms with van der Waals surface area (Å²) in [5, 5.41) is 3.29. The van der Waals surface area contributed by atoms with E-state index >= 15 is 0 Å². The van der Waals surface area contributed by atoms with Gasteiger partial charge in [-0.1, -0.05) is 60.2 Å². The van der Waals surface area contributed by atoms with E-state index in [1.54, 1.807) is 6.33 Å². The molecule has 0 bridgehead atoms. The number of anilines is 1. The van der Waals surface area contributed by atoms with E-state index in [2.05, 4.69) is 46.5 Å². The summed E-state index contributed by atoms with van der Waals surface area (Å²) >= 11 is 0. The van der Waals surface area contributed by atoms with Gasteiger partial charge in [-0.05, 0) is 12.5 Å². The summed E-state index contributed by atoms with van der Waals surface area (Å²) < 4.78 is 0. The highest BCUT2D eigenvalue weighted by molar-refractivity contribution is 5.62. The molecule has 23 heavy (non-hydrogen) atoms. The second-order valence-corrected chi connectivity index (χ2v) is 5.55. The third-order valence-corrected chi connectivity index (χ3v) is 3.75. The van der Waals surface area contributed by atoms with Crippen LogP contribution in [0.3, 0.4) is 0 Å². The maximum absolute atomic E-state index is 6.20. The Balaban J connectivity index is 1.69. The van der Waals surface area contributed by atoms with Crippen LogP contribution in [-0.2, 0) is 0 Å². The van der Waals surface area contributed by atoms with Crippen LogP contribution in [0.4, 0.5) is 5.82 Å². The summed E-state index contributed by atoms with van der Waals surface area (Å²) in [5.74, 6) is 0.780. The predicted molar refractivity (Wildman–Crippen MR) is 94.1 cm³/mol. The average Bonchev–Trinajstić information content (AvgIpc) is 2.61. The number of nitrogens with one attached hydrogen (secondary N) is 1. The molecule has 0 unspecified atom stereocenters. The first-order valence-corrected chi connectivity index (χ1v) is 7.66. The van der Waals surface area contributed by atoms with Crippen LogP contribution in [0, 0.1) is 6.92 Å². The third-order valence-electron chi connectivity index (χ3n) is 3.75. The van der Waals surface area contributed by atoms with Crippen LogP contribution in [0.15, 0.2) is 67.0 Å². The van der Waals surface area contributed by atoms with E-state index in [9.17, 15) is 0 Å². The molecular formula is C19H20N4. The van der Waals surface area contributed by atoms with Gasteiger partial charge in [0.05, 0.1) is 5.69 Å². The van der Waals surface area contributed by atoms with Gasteiger partial charge >= 0.3 is 0 Å². The highest BCUT2D eigenvalue weighted by Crippen LogP contribution is 2.19. The molecule has 116 valence electrons. The number of benzene rings is 2. The van der Waals surface area contributed by atoms with Gasteiger partial charge < -0.3 is 11.1 Å². The Bertz CT molecular complexity index is 754. The summed E-state index contributed by atoms with van der Waals surface area (Å²) in [5.41, 5.74) is 10.5. The lowest BCUT2D eigenvalue weighted by Crippen LogP contribution is -2.20. The van der Waals surface area contributed by atoms with Crippen molar-refractivity contribution in [1.29, 1.82) is 0 Å². The molecule has 3 rings (SSSR count). The van der Waals surface area contributed by atoms with E-state index in [0.717, 1.165) is 22.6 Å². The molecule has 0 aliphatic heterocycles. The van der Waals surface area contributed by atoms with Crippen molar-refractivity contribution in [1.82, 2.24) is 9.97 Å². The Morgan fingerprint density at radius 1 is 1.00 bits per heavy atom. The Morgan fingerprint density at radius 3 is 2.48 bits per heavy atom. The predicted octanol–water partition coefficient (Wildman–Crippen LogP) is 3.56. The van der Waals surface area contributed by atoms with Gasteiger partial charge in [-0.3, -0.25) is 0 Å². The van der Waals surface area contributed by atoms with Crippen molar-refractivity contribution in [3.05, 3.63) is 78.1 Å². The van der Waals surface area contributed by atoms with Gasteiger partial charge in [-0.25, -0.2) is 9.97 Å². The molecule has 3 aromatic rings. The molecule has 1 heterocycles. The monoisotopic (exact) mass is 304 g/mol. The van der Waals surface area contributed by atoms with Crippen LogP contribution in [0.5, 0.6) is 0 Å². The lowest BCUT2D eigenvalue weighted by atomic mass is 10.1. The standard InChI is InChI=1S/C19H20N4/c1-14-7-9-16(10-8-14)18-11-19(23-13-22-18)21-12-17(20)15-5-3-2-4-6-15/h2-11,13,17H,12,20H2,1H3,(H,21,22,23)/t17-/m0/s1. The van der Waals surface area contributed by atoms with Gasteiger partial charge in [0.25, 0.3) is 0 Å². The molecule has 0 spiro atoms. The largest absolute Gasteiger partial charge is 0.368 e. The molecule has 4 heteroatoms. The number of aryl methyl sites for hydroxylation is 1. The molecule has 2 aromatic carbocycles. The fourth-order valence-electron chi connectivity index (χ4n) is 2.37. The van der Waals surface area contributed by atoms with Gasteiger partial charge in [0.15, 0.2) is 0 Å². The Morgan fingerprint density at radius 2 is 1.74 bits per heavy atom. The molecule has 0 aliphatic rings. The minimum atomic E-state index is -0.0750. The highest BCUT2D eigenvalue weighted by atomic mass is 15.0. The smallest absolute Gasteiger partial charge is 0.130 e. The van der Waals surface area contributed by atoms with E-state index in [0.29, 0.717) is 6.54 Å². The van der Waals surface area contributed by atoms with Crippen LogP contribution in [0.25, 0.3) is 11.3 Å². The molecule has 0 aliphatic carbocycles. The summed E-state index contributed by atoms with van der Waals surface area (Å²) in [6.07, 6.45) is 1.57. The molecule has 0 saturated heterocycles. The van der Waals surface area contributed by atoms with Crippen LogP contribution in [0.1, 0.15) is 17.2 Å². The van der Waals surface area contributed by atoms with E-state index in [1.165, 1.54) is 5.56 Å². The molecular weight excluding hydrogens is 284 g/mol. The SMILES string of the molecule is Cc1ccc(-c2cc(NC[C@H](N)c3ccccc3)ncn2)cc1. The average molecular weight is 304 g/mol. The second-order valence-electron chi connectivity index (χ2n) is 5.55. The van der Waals surface area contributed by atoms with Gasteiger partial charge in [-0.2, -0.15) is 0 Å². The van der Waals surface area contributed by atoms with Crippen molar-refractivity contribution in [3.63, 3.8) is 0 Å². The molecule has 1 atom stereocenters. The van der Waals surface area contributed by atoms with Crippen molar-refractivity contribution < 1.29 is 0 Å².